The number of rotatable bonds is 4. The fraction of sp³-hybridized carbons (Fsp3) is 0.571. The standard InChI is InChI=1S/C14H19NO3/c1-3-15-6-14(7-16-8-14)11-5-13-12(4-10(11)2)17-9-18-13/h4-5,15H,3,6-9H2,1-2H3. The molecule has 0 radical (unpaired) electrons. The molecular formula is C14H19NO3. The van der Waals surface area contributed by atoms with Gasteiger partial charge >= 0.3 is 0 Å². The molecule has 2 aliphatic rings. The van der Waals surface area contributed by atoms with Gasteiger partial charge in [0, 0.05) is 6.54 Å². The van der Waals surface area contributed by atoms with E-state index in [2.05, 4.69) is 31.3 Å². The van der Waals surface area contributed by atoms with E-state index < -0.39 is 0 Å². The molecule has 1 fully saturated rings. The minimum atomic E-state index is 0.0983. The molecule has 18 heavy (non-hydrogen) atoms. The van der Waals surface area contributed by atoms with E-state index in [9.17, 15) is 0 Å². The number of aryl methyl sites for hydroxylation is 1. The largest absolute Gasteiger partial charge is 0.454 e. The summed E-state index contributed by atoms with van der Waals surface area (Å²) >= 11 is 0. The third kappa shape index (κ3) is 1.76. The summed E-state index contributed by atoms with van der Waals surface area (Å²) in [6, 6.07) is 4.20. The highest BCUT2D eigenvalue weighted by atomic mass is 16.7. The minimum absolute atomic E-state index is 0.0983. The third-order valence-electron chi connectivity index (χ3n) is 3.76. The first-order valence-corrected chi connectivity index (χ1v) is 6.44. The Labute approximate surface area is 107 Å². The molecule has 0 unspecified atom stereocenters. The Hall–Kier alpha value is -1.26. The average molecular weight is 249 g/mol. The molecule has 3 rings (SSSR count). The average Bonchev–Trinajstić information content (AvgIpc) is 2.75. The first kappa shape index (κ1) is 11.8. The summed E-state index contributed by atoms with van der Waals surface area (Å²) in [5.74, 6) is 1.72. The maximum Gasteiger partial charge on any atom is 0.231 e. The summed E-state index contributed by atoms with van der Waals surface area (Å²) in [6.07, 6.45) is 0. The predicted octanol–water partition coefficient (Wildman–Crippen LogP) is 1.60. The Kier molecular flexibility index (Phi) is 2.92. The van der Waals surface area contributed by atoms with Gasteiger partial charge in [0.2, 0.25) is 6.79 Å². The minimum Gasteiger partial charge on any atom is -0.454 e. The molecule has 1 N–H and O–H groups in total. The van der Waals surface area contributed by atoms with Crippen LogP contribution in [-0.2, 0) is 10.2 Å². The van der Waals surface area contributed by atoms with Crippen LogP contribution in [0.15, 0.2) is 12.1 Å². The second-order valence-electron chi connectivity index (χ2n) is 5.07. The van der Waals surface area contributed by atoms with Gasteiger partial charge in [0.05, 0.1) is 18.6 Å². The molecule has 4 nitrogen and oxygen atoms in total. The second kappa shape index (κ2) is 4.44. The van der Waals surface area contributed by atoms with Crippen LogP contribution >= 0.6 is 0 Å². The Bertz CT molecular complexity index is 455. The van der Waals surface area contributed by atoms with Crippen LogP contribution in [0.3, 0.4) is 0 Å². The van der Waals surface area contributed by atoms with Crippen molar-refractivity contribution >= 4 is 0 Å². The normalized spacial score (nSPS) is 19.7. The predicted molar refractivity (Wildman–Crippen MR) is 68.3 cm³/mol. The molecule has 0 spiro atoms. The summed E-state index contributed by atoms with van der Waals surface area (Å²) in [4.78, 5) is 0. The Morgan fingerprint density at radius 2 is 1.94 bits per heavy atom. The first-order chi connectivity index (χ1) is 8.75. The first-order valence-electron chi connectivity index (χ1n) is 6.44. The smallest absolute Gasteiger partial charge is 0.231 e. The topological polar surface area (TPSA) is 39.7 Å². The number of likely N-dealkylation sites (N-methyl/N-ethyl adjacent to an activating group) is 1. The lowest BCUT2D eigenvalue weighted by molar-refractivity contribution is -0.0591. The summed E-state index contributed by atoms with van der Waals surface area (Å²) in [7, 11) is 0. The molecule has 1 aromatic carbocycles. The molecule has 1 aromatic rings. The van der Waals surface area contributed by atoms with Gasteiger partial charge in [-0.25, -0.2) is 0 Å². The zero-order valence-electron chi connectivity index (χ0n) is 10.9. The second-order valence-corrected chi connectivity index (χ2v) is 5.07. The van der Waals surface area contributed by atoms with E-state index in [-0.39, 0.29) is 5.41 Å². The van der Waals surface area contributed by atoms with E-state index in [0.717, 1.165) is 37.8 Å². The molecule has 2 heterocycles. The van der Waals surface area contributed by atoms with Crippen molar-refractivity contribution in [1.29, 1.82) is 0 Å². The van der Waals surface area contributed by atoms with Crippen molar-refractivity contribution in [1.82, 2.24) is 5.32 Å². The van der Waals surface area contributed by atoms with Crippen LogP contribution in [0.5, 0.6) is 11.5 Å². The van der Waals surface area contributed by atoms with E-state index in [1.54, 1.807) is 0 Å². The SMILES string of the molecule is CCNCC1(c2cc3c(cc2C)OCO3)COC1. The molecule has 4 heteroatoms. The van der Waals surface area contributed by atoms with Crippen molar-refractivity contribution in [3.63, 3.8) is 0 Å². The fourth-order valence-corrected chi connectivity index (χ4v) is 2.68. The number of hydrogen-bond donors (Lipinski definition) is 1. The number of benzene rings is 1. The molecular weight excluding hydrogens is 230 g/mol. The monoisotopic (exact) mass is 249 g/mol. The van der Waals surface area contributed by atoms with E-state index in [4.69, 9.17) is 14.2 Å². The van der Waals surface area contributed by atoms with Gasteiger partial charge in [0.15, 0.2) is 11.5 Å². The molecule has 0 aliphatic carbocycles. The quantitative estimate of drug-likeness (QED) is 0.880. The van der Waals surface area contributed by atoms with Crippen LogP contribution in [0.4, 0.5) is 0 Å². The zero-order valence-corrected chi connectivity index (χ0v) is 10.9. The van der Waals surface area contributed by atoms with E-state index in [1.807, 2.05) is 0 Å². The van der Waals surface area contributed by atoms with Crippen molar-refractivity contribution < 1.29 is 14.2 Å². The van der Waals surface area contributed by atoms with Gasteiger partial charge in [0.25, 0.3) is 0 Å². The number of ether oxygens (including phenoxy) is 3. The van der Waals surface area contributed by atoms with E-state index in [0.29, 0.717) is 6.79 Å². The van der Waals surface area contributed by atoms with Crippen molar-refractivity contribution in [2.45, 2.75) is 19.3 Å². The van der Waals surface area contributed by atoms with Gasteiger partial charge in [-0.15, -0.1) is 0 Å². The molecule has 2 aliphatic heterocycles. The van der Waals surface area contributed by atoms with Crippen LogP contribution in [0.25, 0.3) is 0 Å². The highest BCUT2D eigenvalue weighted by Gasteiger charge is 2.41. The molecule has 98 valence electrons. The molecule has 0 aromatic heterocycles. The summed E-state index contributed by atoms with van der Waals surface area (Å²) in [6.45, 7) is 8.06. The van der Waals surface area contributed by atoms with E-state index in [1.165, 1.54) is 11.1 Å². The van der Waals surface area contributed by atoms with Crippen molar-refractivity contribution in [2.75, 3.05) is 33.1 Å². The lowest BCUT2D eigenvalue weighted by atomic mass is 9.76. The molecule has 1 saturated heterocycles. The van der Waals surface area contributed by atoms with Crippen molar-refractivity contribution in [2.24, 2.45) is 0 Å². The van der Waals surface area contributed by atoms with Gasteiger partial charge in [-0.1, -0.05) is 6.92 Å². The number of nitrogens with one attached hydrogen (secondary N) is 1. The summed E-state index contributed by atoms with van der Waals surface area (Å²) in [5, 5.41) is 3.43. The number of fused-ring (bicyclic) bond motifs is 1. The van der Waals surface area contributed by atoms with Gasteiger partial charge in [-0.05, 0) is 36.7 Å². The van der Waals surface area contributed by atoms with Gasteiger partial charge in [-0.2, -0.15) is 0 Å². The summed E-state index contributed by atoms with van der Waals surface area (Å²) < 4.78 is 16.3. The maximum absolute atomic E-state index is 5.48. The van der Waals surface area contributed by atoms with Gasteiger partial charge in [-0.3, -0.25) is 0 Å². The lowest BCUT2D eigenvalue weighted by Gasteiger charge is -2.43. The Morgan fingerprint density at radius 3 is 2.56 bits per heavy atom. The molecule has 0 atom stereocenters. The van der Waals surface area contributed by atoms with Crippen LogP contribution in [0.1, 0.15) is 18.1 Å². The Balaban J connectivity index is 1.95. The van der Waals surface area contributed by atoms with Gasteiger partial charge < -0.3 is 19.5 Å². The van der Waals surface area contributed by atoms with E-state index >= 15 is 0 Å². The highest BCUT2D eigenvalue weighted by molar-refractivity contribution is 5.51. The fourth-order valence-electron chi connectivity index (χ4n) is 2.68. The van der Waals surface area contributed by atoms with Gasteiger partial charge in [0.1, 0.15) is 0 Å². The van der Waals surface area contributed by atoms with Crippen LogP contribution in [0.2, 0.25) is 0 Å². The van der Waals surface area contributed by atoms with Crippen LogP contribution in [-0.4, -0.2) is 33.1 Å². The summed E-state index contributed by atoms with van der Waals surface area (Å²) in [5.41, 5.74) is 2.67. The third-order valence-corrected chi connectivity index (χ3v) is 3.76. The zero-order chi connectivity index (χ0) is 12.6. The number of hydrogen-bond acceptors (Lipinski definition) is 4. The highest BCUT2D eigenvalue weighted by Crippen LogP contribution is 2.41. The Morgan fingerprint density at radius 1 is 1.22 bits per heavy atom. The lowest BCUT2D eigenvalue weighted by Crippen LogP contribution is -2.53. The van der Waals surface area contributed by atoms with Crippen LogP contribution in [0, 0.1) is 6.92 Å². The van der Waals surface area contributed by atoms with Crippen LogP contribution < -0.4 is 14.8 Å². The molecule has 0 bridgehead atoms. The van der Waals surface area contributed by atoms with Crippen molar-refractivity contribution in [3.05, 3.63) is 23.3 Å². The molecule has 0 saturated carbocycles. The molecule has 0 amide bonds. The maximum atomic E-state index is 5.48. The van der Waals surface area contributed by atoms with Crippen molar-refractivity contribution in [3.8, 4) is 11.5 Å².